The Bertz CT molecular complexity index is 663. The summed E-state index contributed by atoms with van der Waals surface area (Å²) in [7, 11) is 0. The van der Waals surface area contributed by atoms with Crippen molar-refractivity contribution in [3.63, 3.8) is 0 Å². The van der Waals surface area contributed by atoms with E-state index in [4.69, 9.17) is 0 Å². The first-order chi connectivity index (χ1) is 9.88. The molecule has 1 heterocycles. The van der Waals surface area contributed by atoms with Gasteiger partial charge in [0.15, 0.2) is 0 Å². The topological polar surface area (TPSA) is 110 Å². The Hall–Kier alpha value is -3.03. The zero-order valence-corrected chi connectivity index (χ0v) is 11.0. The molecule has 1 saturated heterocycles. The maximum Gasteiger partial charge on any atom is 0.277 e. The summed E-state index contributed by atoms with van der Waals surface area (Å²) in [5.41, 5.74) is 0.367. The van der Waals surface area contributed by atoms with Gasteiger partial charge in [0.05, 0.1) is 4.92 Å². The summed E-state index contributed by atoms with van der Waals surface area (Å²) in [4.78, 5) is 45.6. The van der Waals surface area contributed by atoms with Crippen LogP contribution in [-0.4, -0.2) is 34.1 Å². The van der Waals surface area contributed by atoms with Crippen LogP contribution in [0.1, 0.15) is 12.5 Å². The molecule has 1 aromatic rings. The van der Waals surface area contributed by atoms with Crippen LogP contribution in [0.15, 0.2) is 30.0 Å². The molecule has 1 aromatic carbocycles. The molecule has 0 atom stereocenters. The highest BCUT2D eigenvalue weighted by molar-refractivity contribution is 6.12. The van der Waals surface area contributed by atoms with Crippen molar-refractivity contribution in [3.05, 3.63) is 45.6 Å². The maximum atomic E-state index is 12.0. The number of nitrogens with zero attached hydrogens (tertiary/aromatic N) is 2. The Balaban J connectivity index is 2.30. The van der Waals surface area contributed by atoms with Crippen molar-refractivity contribution >= 4 is 29.5 Å². The van der Waals surface area contributed by atoms with E-state index in [1.165, 1.54) is 37.3 Å². The molecular weight excluding hydrogens is 278 g/mol. The van der Waals surface area contributed by atoms with Gasteiger partial charge in [0.2, 0.25) is 11.8 Å². The first-order valence-corrected chi connectivity index (χ1v) is 5.97. The van der Waals surface area contributed by atoms with Crippen molar-refractivity contribution < 1.29 is 19.3 Å². The van der Waals surface area contributed by atoms with Crippen LogP contribution >= 0.6 is 0 Å². The molecule has 1 aliphatic heterocycles. The van der Waals surface area contributed by atoms with E-state index in [2.05, 4.69) is 5.32 Å². The monoisotopic (exact) mass is 289 g/mol. The number of imide groups is 1. The second-order valence-electron chi connectivity index (χ2n) is 4.37. The van der Waals surface area contributed by atoms with Gasteiger partial charge in [-0.15, -0.1) is 0 Å². The minimum Gasteiger partial charge on any atom is -0.320 e. The first-order valence-electron chi connectivity index (χ1n) is 5.97. The second-order valence-corrected chi connectivity index (χ2v) is 4.37. The Labute approximate surface area is 119 Å². The van der Waals surface area contributed by atoms with Gasteiger partial charge in [-0.3, -0.25) is 29.4 Å². The van der Waals surface area contributed by atoms with Gasteiger partial charge in [0, 0.05) is 19.1 Å². The third-order valence-corrected chi connectivity index (χ3v) is 2.85. The van der Waals surface area contributed by atoms with E-state index < -0.39 is 22.6 Å². The highest BCUT2D eigenvalue weighted by Gasteiger charge is 2.30. The highest BCUT2D eigenvalue weighted by Crippen LogP contribution is 2.15. The third-order valence-electron chi connectivity index (χ3n) is 2.85. The van der Waals surface area contributed by atoms with Crippen LogP contribution in [0.3, 0.4) is 0 Å². The molecular formula is C13H11N3O5. The molecule has 0 spiro atoms. The standard InChI is InChI=1S/C13H11N3O5/c1-8(17)15-7-12(18)14-11(13(15)19)6-9-2-4-10(5-3-9)16(20)21/h2-6H,7H2,1H3,(H,14,18)/b11-6-. The molecule has 0 bridgehead atoms. The summed E-state index contributed by atoms with van der Waals surface area (Å²) >= 11 is 0. The van der Waals surface area contributed by atoms with Crippen LogP contribution in [0.4, 0.5) is 5.69 Å². The summed E-state index contributed by atoms with van der Waals surface area (Å²) in [6, 6.07) is 5.45. The predicted molar refractivity (Wildman–Crippen MR) is 71.6 cm³/mol. The van der Waals surface area contributed by atoms with Gasteiger partial charge < -0.3 is 5.32 Å². The molecule has 3 amide bonds. The van der Waals surface area contributed by atoms with Crippen LogP contribution in [0.25, 0.3) is 6.08 Å². The molecule has 0 aromatic heterocycles. The zero-order valence-electron chi connectivity index (χ0n) is 11.0. The lowest BCUT2D eigenvalue weighted by Crippen LogP contribution is -2.51. The number of nitrogens with one attached hydrogen (secondary N) is 1. The molecule has 0 aliphatic carbocycles. The van der Waals surface area contributed by atoms with Gasteiger partial charge in [0.25, 0.3) is 11.6 Å². The number of hydrogen-bond acceptors (Lipinski definition) is 5. The van der Waals surface area contributed by atoms with Crippen molar-refractivity contribution in [3.8, 4) is 0 Å². The van der Waals surface area contributed by atoms with Crippen LogP contribution in [0.2, 0.25) is 0 Å². The van der Waals surface area contributed by atoms with E-state index >= 15 is 0 Å². The van der Waals surface area contributed by atoms with Crippen LogP contribution < -0.4 is 5.32 Å². The number of hydrogen-bond donors (Lipinski definition) is 1. The summed E-state index contributed by atoms with van der Waals surface area (Å²) in [5.74, 6) is -1.61. The molecule has 1 aliphatic rings. The normalized spacial score (nSPS) is 16.8. The van der Waals surface area contributed by atoms with E-state index in [0.29, 0.717) is 5.56 Å². The van der Waals surface area contributed by atoms with Gasteiger partial charge in [-0.1, -0.05) is 0 Å². The number of piperazine rings is 1. The smallest absolute Gasteiger partial charge is 0.277 e. The molecule has 108 valence electrons. The van der Waals surface area contributed by atoms with Crippen molar-refractivity contribution in [1.29, 1.82) is 0 Å². The Morgan fingerprint density at radius 1 is 1.33 bits per heavy atom. The number of amides is 3. The van der Waals surface area contributed by atoms with Crippen molar-refractivity contribution in [2.45, 2.75) is 6.92 Å². The van der Waals surface area contributed by atoms with Crippen LogP contribution in [0, 0.1) is 10.1 Å². The van der Waals surface area contributed by atoms with Crippen LogP contribution in [0.5, 0.6) is 0 Å². The number of carbonyl (C=O) groups excluding carboxylic acids is 3. The molecule has 2 rings (SSSR count). The number of benzene rings is 1. The minimum absolute atomic E-state index is 0.0460. The lowest BCUT2D eigenvalue weighted by atomic mass is 10.1. The zero-order chi connectivity index (χ0) is 15.6. The van der Waals surface area contributed by atoms with Gasteiger partial charge in [-0.2, -0.15) is 0 Å². The van der Waals surface area contributed by atoms with Crippen LogP contribution in [-0.2, 0) is 14.4 Å². The van der Waals surface area contributed by atoms with E-state index in [-0.39, 0.29) is 17.9 Å². The van der Waals surface area contributed by atoms with Gasteiger partial charge in [0.1, 0.15) is 12.2 Å². The fraction of sp³-hybridized carbons (Fsp3) is 0.154. The Kier molecular flexibility index (Phi) is 3.79. The number of non-ortho nitro benzene ring substituents is 1. The fourth-order valence-electron chi connectivity index (χ4n) is 1.82. The lowest BCUT2D eigenvalue weighted by Gasteiger charge is -2.25. The van der Waals surface area contributed by atoms with Gasteiger partial charge in [-0.05, 0) is 23.8 Å². The number of nitro benzene ring substituents is 1. The average Bonchev–Trinajstić information content (AvgIpc) is 2.42. The van der Waals surface area contributed by atoms with E-state index in [1.807, 2.05) is 0 Å². The van der Waals surface area contributed by atoms with Crippen molar-refractivity contribution in [2.75, 3.05) is 6.54 Å². The third kappa shape index (κ3) is 3.11. The summed E-state index contributed by atoms with van der Waals surface area (Å²) in [5, 5.41) is 12.9. The summed E-state index contributed by atoms with van der Waals surface area (Å²) in [6.07, 6.45) is 1.36. The second kappa shape index (κ2) is 5.53. The molecule has 0 saturated carbocycles. The average molecular weight is 289 g/mol. The molecule has 21 heavy (non-hydrogen) atoms. The van der Waals surface area contributed by atoms with Crippen molar-refractivity contribution in [2.24, 2.45) is 0 Å². The fourth-order valence-corrected chi connectivity index (χ4v) is 1.82. The van der Waals surface area contributed by atoms with E-state index in [9.17, 15) is 24.5 Å². The summed E-state index contributed by atoms with van der Waals surface area (Å²) in [6.45, 7) is 0.881. The quantitative estimate of drug-likeness (QED) is 0.482. The Morgan fingerprint density at radius 2 is 1.95 bits per heavy atom. The Morgan fingerprint density at radius 3 is 2.48 bits per heavy atom. The SMILES string of the molecule is CC(=O)N1CC(=O)N/C(=C\c2ccc([N+](=O)[O-])cc2)C1=O. The minimum atomic E-state index is -0.611. The largest absolute Gasteiger partial charge is 0.320 e. The number of rotatable bonds is 2. The number of nitro groups is 1. The molecule has 8 heteroatoms. The molecule has 0 unspecified atom stereocenters. The van der Waals surface area contributed by atoms with Crippen molar-refractivity contribution in [1.82, 2.24) is 10.2 Å². The molecule has 1 fully saturated rings. The molecule has 8 nitrogen and oxygen atoms in total. The van der Waals surface area contributed by atoms with E-state index in [0.717, 1.165) is 4.90 Å². The first kappa shape index (κ1) is 14.4. The summed E-state index contributed by atoms with van der Waals surface area (Å²) < 4.78 is 0. The van der Waals surface area contributed by atoms with E-state index in [1.54, 1.807) is 0 Å². The lowest BCUT2D eigenvalue weighted by molar-refractivity contribution is -0.384. The van der Waals surface area contributed by atoms with Gasteiger partial charge >= 0.3 is 0 Å². The van der Waals surface area contributed by atoms with Gasteiger partial charge in [-0.25, -0.2) is 0 Å². The molecule has 0 radical (unpaired) electrons. The highest BCUT2D eigenvalue weighted by atomic mass is 16.6. The number of carbonyl (C=O) groups is 3. The maximum absolute atomic E-state index is 12.0. The predicted octanol–water partition coefficient (Wildman–Crippen LogP) is 0.441. The molecule has 1 N–H and O–H groups in total.